The zero-order valence-corrected chi connectivity index (χ0v) is 11.4. The van der Waals surface area contributed by atoms with Gasteiger partial charge in [-0.1, -0.05) is 6.92 Å². The molecule has 7 heteroatoms. The fourth-order valence-corrected chi connectivity index (χ4v) is 1.50. The third-order valence-electron chi connectivity index (χ3n) is 2.83. The molecule has 0 spiro atoms. The van der Waals surface area contributed by atoms with E-state index in [0.717, 1.165) is 6.42 Å². The second-order valence-electron chi connectivity index (χ2n) is 4.48. The number of carbonyl (C=O) groups excluding carboxylic acids is 1. The quantitative estimate of drug-likeness (QED) is 0.649. The highest BCUT2D eigenvalue weighted by molar-refractivity contribution is 5.85. The number of aliphatic carboxylic acids is 1. The third-order valence-corrected chi connectivity index (χ3v) is 2.83. The Bertz CT molecular complexity index is 444. The number of hydrogen-bond donors (Lipinski definition) is 3. The Hall–Kier alpha value is -1.89. The first-order valence-corrected chi connectivity index (χ1v) is 6.18. The average molecular weight is 268 g/mol. The van der Waals surface area contributed by atoms with Crippen LogP contribution in [0.15, 0.2) is 12.4 Å². The van der Waals surface area contributed by atoms with E-state index >= 15 is 0 Å². The number of amides is 1. The molecule has 0 saturated carbocycles. The summed E-state index contributed by atoms with van der Waals surface area (Å²) in [6.45, 7) is 4.06. The first kappa shape index (κ1) is 15.2. The van der Waals surface area contributed by atoms with Crippen molar-refractivity contribution in [2.24, 2.45) is 7.05 Å². The van der Waals surface area contributed by atoms with Crippen LogP contribution >= 0.6 is 0 Å². The van der Waals surface area contributed by atoms with Gasteiger partial charge in [0, 0.05) is 24.8 Å². The smallest absolute Gasteiger partial charge is 0.331 e. The van der Waals surface area contributed by atoms with E-state index in [0.29, 0.717) is 5.56 Å². The number of carbonyl (C=O) groups is 2. The van der Waals surface area contributed by atoms with E-state index < -0.39 is 12.0 Å². The molecule has 0 radical (unpaired) electrons. The lowest BCUT2D eigenvalue weighted by Crippen LogP contribution is -2.41. The van der Waals surface area contributed by atoms with Crippen molar-refractivity contribution in [3.05, 3.63) is 18.0 Å². The second-order valence-corrected chi connectivity index (χ2v) is 4.48. The highest BCUT2D eigenvalue weighted by Gasteiger charge is 2.23. The number of aromatic nitrogens is 2. The highest BCUT2D eigenvalue weighted by atomic mass is 16.4. The molecule has 0 aromatic carbocycles. The van der Waals surface area contributed by atoms with Crippen LogP contribution in [-0.2, 0) is 16.6 Å². The van der Waals surface area contributed by atoms with Gasteiger partial charge in [0.2, 0.25) is 5.91 Å². The molecule has 0 aliphatic heterocycles. The number of hydrogen-bond acceptors (Lipinski definition) is 4. The monoisotopic (exact) mass is 268 g/mol. The molecular formula is C12H20N4O3. The van der Waals surface area contributed by atoms with E-state index in [1.165, 1.54) is 10.9 Å². The molecule has 0 aliphatic rings. The molecule has 1 aromatic heterocycles. The largest absolute Gasteiger partial charge is 0.479 e. The number of aryl methyl sites for hydroxylation is 1. The summed E-state index contributed by atoms with van der Waals surface area (Å²) in [5.74, 6) is -1.46. The molecule has 0 saturated heterocycles. The summed E-state index contributed by atoms with van der Waals surface area (Å²) >= 11 is 0. The Morgan fingerprint density at radius 1 is 1.53 bits per heavy atom. The summed E-state index contributed by atoms with van der Waals surface area (Å²) in [5.41, 5.74) is 0.451. The SMILES string of the molecule is CCC(C)NCC(=O)NC(C(=O)O)c1cnn(C)c1. The molecule has 1 amide bonds. The predicted octanol–water partition coefficient (Wildman–Crippen LogP) is 0.0501. The van der Waals surface area contributed by atoms with Gasteiger partial charge in [-0.05, 0) is 13.3 Å². The van der Waals surface area contributed by atoms with Gasteiger partial charge in [0.25, 0.3) is 0 Å². The zero-order chi connectivity index (χ0) is 14.4. The first-order valence-electron chi connectivity index (χ1n) is 6.18. The van der Waals surface area contributed by atoms with E-state index in [1.54, 1.807) is 13.2 Å². The molecule has 106 valence electrons. The van der Waals surface area contributed by atoms with Crippen molar-refractivity contribution >= 4 is 11.9 Å². The van der Waals surface area contributed by atoms with Crippen LogP contribution in [0.25, 0.3) is 0 Å². The number of carboxylic acid groups (broad SMARTS) is 1. The molecule has 0 fully saturated rings. The minimum absolute atomic E-state index is 0.0963. The molecule has 7 nitrogen and oxygen atoms in total. The van der Waals surface area contributed by atoms with E-state index in [-0.39, 0.29) is 18.5 Å². The molecule has 3 N–H and O–H groups in total. The minimum Gasteiger partial charge on any atom is -0.479 e. The summed E-state index contributed by atoms with van der Waals surface area (Å²) in [6.07, 6.45) is 3.90. The van der Waals surface area contributed by atoms with Crippen molar-refractivity contribution in [3.8, 4) is 0 Å². The lowest BCUT2D eigenvalue weighted by Gasteiger charge is -2.15. The lowest BCUT2D eigenvalue weighted by atomic mass is 10.1. The van der Waals surface area contributed by atoms with E-state index in [2.05, 4.69) is 15.7 Å². The standard InChI is InChI=1S/C12H20N4O3/c1-4-8(2)13-6-10(17)15-11(12(18)19)9-5-14-16(3)7-9/h5,7-8,11,13H,4,6H2,1-3H3,(H,15,17)(H,18,19). The maximum absolute atomic E-state index is 11.7. The minimum atomic E-state index is -1.11. The Morgan fingerprint density at radius 3 is 2.68 bits per heavy atom. The van der Waals surface area contributed by atoms with E-state index in [1.807, 2.05) is 13.8 Å². The van der Waals surface area contributed by atoms with Gasteiger partial charge >= 0.3 is 5.97 Å². The van der Waals surface area contributed by atoms with Crippen molar-refractivity contribution in [2.75, 3.05) is 6.54 Å². The molecular weight excluding hydrogens is 248 g/mol. The third kappa shape index (κ3) is 4.70. The van der Waals surface area contributed by atoms with Crippen molar-refractivity contribution in [3.63, 3.8) is 0 Å². The van der Waals surface area contributed by atoms with Crippen LogP contribution in [0.5, 0.6) is 0 Å². The molecule has 2 unspecified atom stereocenters. The molecule has 2 atom stereocenters. The fourth-order valence-electron chi connectivity index (χ4n) is 1.50. The fraction of sp³-hybridized carbons (Fsp3) is 0.583. The molecule has 1 rings (SSSR count). The van der Waals surface area contributed by atoms with Crippen molar-refractivity contribution in [1.29, 1.82) is 0 Å². The van der Waals surface area contributed by atoms with E-state index in [9.17, 15) is 9.59 Å². The van der Waals surface area contributed by atoms with Gasteiger partial charge in [0.05, 0.1) is 12.7 Å². The van der Waals surface area contributed by atoms with E-state index in [4.69, 9.17) is 5.11 Å². The number of nitrogens with zero attached hydrogens (tertiary/aromatic N) is 2. The summed E-state index contributed by atoms with van der Waals surface area (Å²) < 4.78 is 1.49. The zero-order valence-electron chi connectivity index (χ0n) is 11.4. The normalized spacial score (nSPS) is 13.8. The first-order chi connectivity index (χ1) is 8.93. The Kier molecular flexibility index (Phi) is 5.50. The van der Waals surface area contributed by atoms with Crippen LogP contribution in [0.4, 0.5) is 0 Å². The van der Waals surface area contributed by atoms with Crippen LogP contribution in [0.2, 0.25) is 0 Å². The van der Waals surface area contributed by atoms with Crippen molar-refractivity contribution in [1.82, 2.24) is 20.4 Å². The van der Waals surface area contributed by atoms with Crippen molar-refractivity contribution < 1.29 is 14.7 Å². The Labute approximate surface area is 112 Å². The molecule has 19 heavy (non-hydrogen) atoms. The molecule has 1 aromatic rings. The maximum atomic E-state index is 11.7. The Morgan fingerprint density at radius 2 is 2.21 bits per heavy atom. The van der Waals surface area contributed by atoms with Gasteiger partial charge in [0.1, 0.15) is 0 Å². The van der Waals surface area contributed by atoms with Gasteiger partial charge in [-0.15, -0.1) is 0 Å². The predicted molar refractivity (Wildman–Crippen MR) is 69.5 cm³/mol. The second kappa shape index (κ2) is 6.89. The number of rotatable bonds is 7. The van der Waals surface area contributed by atoms with Crippen molar-refractivity contribution in [2.45, 2.75) is 32.4 Å². The van der Waals surface area contributed by atoms with Gasteiger partial charge in [-0.25, -0.2) is 4.79 Å². The van der Waals surface area contributed by atoms with Crippen LogP contribution in [0.3, 0.4) is 0 Å². The topological polar surface area (TPSA) is 96.2 Å². The summed E-state index contributed by atoms with van der Waals surface area (Å²) in [4.78, 5) is 22.9. The number of nitrogens with one attached hydrogen (secondary N) is 2. The summed E-state index contributed by atoms with van der Waals surface area (Å²) in [7, 11) is 1.69. The van der Waals surface area contributed by atoms with Gasteiger partial charge < -0.3 is 15.7 Å². The van der Waals surface area contributed by atoms with Crippen LogP contribution < -0.4 is 10.6 Å². The molecule has 1 heterocycles. The van der Waals surface area contributed by atoms with Gasteiger partial charge in [0.15, 0.2) is 6.04 Å². The summed E-state index contributed by atoms with van der Waals surface area (Å²) in [6, 6.07) is -0.854. The van der Waals surface area contributed by atoms with Crippen LogP contribution in [0, 0.1) is 0 Å². The van der Waals surface area contributed by atoms with Crippen LogP contribution in [0.1, 0.15) is 31.9 Å². The van der Waals surface area contributed by atoms with Gasteiger partial charge in [-0.2, -0.15) is 5.10 Å². The number of carboxylic acids is 1. The summed E-state index contributed by atoms with van der Waals surface area (Å²) in [5, 5.41) is 18.5. The van der Waals surface area contributed by atoms with Gasteiger partial charge in [-0.3, -0.25) is 9.48 Å². The lowest BCUT2D eigenvalue weighted by molar-refractivity contribution is -0.141. The maximum Gasteiger partial charge on any atom is 0.331 e. The molecule has 0 bridgehead atoms. The average Bonchev–Trinajstić information content (AvgIpc) is 2.78. The Balaban J connectivity index is 2.60. The van der Waals surface area contributed by atoms with Crippen LogP contribution in [-0.4, -0.2) is 39.4 Å². The molecule has 0 aliphatic carbocycles. The highest BCUT2D eigenvalue weighted by Crippen LogP contribution is 2.11.